The average molecular weight is 352 g/mol. The Hall–Kier alpha value is -3.33. The molecule has 0 radical (unpaired) electrons. The maximum atomic E-state index is 11.4. The predicted molar refractivity (Wildman–Crippen MR) is 103 cm³/mol. The molecule has 0 bridgehead atoms. The molecule has 0 spiro atoms. The third-order valence-electron chi connectivity index (χ3n) is 3.92. The Morgan fingerprint density at radius 2 is 2.19 bits per heavy atom. The van der Waals surface area contributed by atoms with Crippen LogP contribution in [0.1, 0.15) is 6.42 Å². The van der Waals surface area contributed by atoms with Gasteiger partial charge in [-0.15, -0.1) is 0 Å². The minimum absolute atomic E-state index is 0.00495. The molecule has 1 atom stereocenters. The van der Waals surface area contributed by atoms with Crippen molar-refractivity contribution in [2.24, 2.45) is 21.5 Å². The fourth-order valence-corrected chi connectivity index (χ4v) is 2.63. The summed E-state index contributed by atoms with van der Waals surface area (Å²) in [7, 11) is 0. The highest BCUT2D eigenvalue weighted by Gasteiger charge is 2.16. The summed E-state index contributed by atoms with van der Waals surface area (Å²) in [4.78, 5) is 24.1. The second kappa shape index (κ2) is 7.70. The minimum Gasteiger partial charge on any atom is -0.368 e. The highest BCUT2D eigenvalue weighted by Crippen LogP contribution is 2.17. The van der Waals surface area contributed by atoms with Gasteiger partial charge in [0.05, 0.1) is 11.6 Å². The Morgan fingerprint density at radius 3 is 2.92 bits per heavy atom. The quantitative estimate of drug-likeness (QED) is 0.393. The normalized spacial score (nSPS) is 18.1. The van der Waals surface area contributed by atoms with Crippen molar-refractivity contribution >= 4 is 40.0 Å². The van der Waals surface area contributed by atoms with E-state index in [1.807, 2.05) is 24.3 Å². The van der Waals surface area contributed by atoms with Crippen molar-refractivity contribution in [2.45, 2.75) is 12.5 Å². The number of guanidine groups is 1. The minimum atomic E-state index is -0.908. The van der Waals surface area contributed by atoms with E-state index in [4.69, 9.17) is 16.9 Å². The number of benzene rings is 1. The maximum absolute atomic E-state index is 11.4. The summed E-state index contributed by atoms with van der Waals surface area (Å²) < 4.78 is 0. The lowest BCUT2D eigenvalue weighted by Gasteiger charge is -2.10. The Morgan fingerprint density at radius 1 is 1.35 bits per heavy atom. The van der Waals surface area contributed by atoms with Crippen LogP contribution in [0, 0.1) is 5.41 Å². The van der Waals surface area contributed by atoms with E-state index in [0.29, 0.717) is 5.69 Å². The molecule has 1 amide bonds. The van der Waals surface area contributed by atoms with Gasteiger partial charge in [-0.25, -0.2) is 4.99 Å². The number of hydrogen-bond donors (Lipinski definition) is 5. The Balaban J connectivity index is 1.88. The van der Waals surface area contributed by atoms with E-state index in [0.717, 1.165) is 30.4 Å². The zero-order valence-electron chi connectivity index (χ0n) is 14.1. The molecule has 1 aromatic heterocycles. The molecule has 26 heavy (non-hydrogen) atoms. The van der Waals surface area contributed by atoms with Crippen molar-refractivity contribution in [3.05, 3.63) is 36.5 Å². The molecular weight excluding hydrogens is 332 g/mol. The summed E-state index contributed by atoms with van der Waals surface area (Å²) >= 11 is 0. The molecule has 1 saturated heterocycles. The zero-order valence-corrected chi connectivity index (χ0v) is 14.1. The number of amides is 1. The van der Waals surface area contributed by atoms with Crippen molar-refractivity contribution in [2.75, 3.05) is 18.4 Å². The van der Waals surface area contributed by atoms with Crippen LogP contribution in [-0.2, 0) is 4.79 Å². The average Bonchev–Trinajstić information content (AvgIpc) is 3.13. The van der Waals surface area contributed by atoms with Gasteiger partial charge in [-0.3, -0.25) is 15.2 Å². The number of carbonyl (C=O) groups excluding carboxylic acids is 1. The van der Waals surface area contributed by atoms with E-state index in [1.165, 1.54) is 0 Å². The molecule has 0 unspecified atom stereocenters. The van der Waals surface area contributed by atoms with Gasteiger partial charge < -0.3 is 22.1 Å². The van der Waals surface area contributed by atoms with E-state index in [2.05, 4.69) is 25.6 Å². The van der Waals surface area contributed by atoms with Gasteiger partial charge in [0.15, 0.2) is 11.5 Å². The molecule has 9 nitrogen and oxygen atoms in total. The summed E-state index contributed by atoms with van der Waals surface area (Å²) in [5.74, 6) is -0.961. The van der Waals surface area contributed by atoms with E-state index in [-0.39, 0.29) is 17.8 Å². The van der Waals surface area contributed by atoms with Crippen molar-refractivity contribution in [1.29, 1.82) is 5.41 Å². The molecule has 0 aliphatic carbocycles. The summed E-state index contributed by atoms with van der Waals surface area (Å²) in [5, 5.41) is 14.9. The lowest BCUT2D eigenvalue weighted by Crippen LogP contribution is -2.35. The Kier molecular flexibility index (Phi) is 5.18. The van der Waals surface area contributed by atoms with Crippen LogP contribution >= 0.6 is 0 Å². The predicted octanol–water partition coefficient (Wildman–Crippen LogP) is 0.227. The van der Waals surface area contributed by atoms with Crippen LogP contribution in [0.4, 0.5) is 5.69 Å². The number of aromatic nitrogens is 1. The molecule has 7 N–H and O–H groups in total. The van der Waals surface area contributed by atoms with E-state index in [9.17, 15) is 4.79 Å². The fraction of sp³-hybridized carbons (Fsp3) is 0.235. The van der Waals surface area contributed by atoms with Gasteiger partial charge in [0.2, 0.25) is 5.96 Å². The Bertz CT molecular complexity index is 899. The van der Waals surface area contributed by atoms with Gasteiger partial charge in [0, 0.05) is 23.8 Å². The highest BCUT2D eigenvalue weighted by molar-refractivity contribution is 6.67. The van der Waals surface area contributed by atoms with Crippen LogP contribution in [-0.4, -0.2) is 47.5 Å². The smallest absolute Gasteiger partial charge is 0.270 e. The van der Waals surface area contributed by atoms with Gasteiger partial charge in [-0.1, -0.05) is 6.07 Å². The summed E-state index contributed by atoms with van der Waals surface area (Å²) in [6, 6.07) is 9.20. The zero-order chi connectivity index (χ0) is 18.5. The maximum Gasteiger partial charge on any atom is 0.270 e. The molecule has 0 saturated carbocycles. The third-order valence-corrected chi connectivity index (χ3v) is 3.92. The first kappa shape index (κ1) is 17.5. The van der Waals surface area contributed by atoms with Crippen LogP contribution in [0.5, 0.6) is 0 Å². The number of primary amides is 1. The number of fused-ring (bicyclic) bond motifs is 1. The van der Waals surface area contributed by atoms with E-state index >= 15 is 0 Å². The number of nitrogens with two attached hydrogens (primary N) is 2. The number of aliphatic imine (C=N–C) groups is 2. The van der Waals surface area contributed by atoms with E-state index < -0.39 is 11.6 Å². The number of pyridine rings is 1. The summed E-state index contributed by atoms with van der Waals surface area (Å²) in [6.45, 7) is 1.60. The number of nitrogens with zero attached hydrogens (tertiary/aromatic N) is 3. The van der Waals surface area contributed by atoms with Gasteiger partial charge in [0.25, 0.3) is 5.91 Å². The fourth-order valence-electron chi connectivity index (χ4n) is 2.63. The lowest BCUT2D eigenvalue weighted by molar-refractivity contribution is -0.111. The number of anilines is 1. The number of amidine groups is 1. The van der Waals surface area contributed by atoms with Crippen LogP contribution in [0.2, 0.25) is 0 Å². The SMILES string of the molecule is N=C(C(N)=O)C(=NC(N)=N[C@@H]1CCNC1)Nc1ccc2ncccc2c1. The second-order valence-corrected chi connectivity index (χ2v) is 5.87. The van der Waals surface area contributed by atoms with Crippen molar-refractivity contribution < 1.29 is 4.79 Å². The largest absolute Gasteiger partial charge is 0.368 e. The molecule has 1 aromatic carbocycles. The van der Waals surface area contributed by atoms with Crippen LogP contribution < -0.4 is 22.1 Å². The lowest BCUT2D eigenvalue weighted by atomic mass is 10.2. The molecule has 9 heteroatoms. The summed E-state index contributed by atoms with van der Waals surface area (Å²) in [5.41, 5.74) is 12.1. The molecule has 1 aliphatic heterocycles. The van der Waals surface area contributed by atoms with Crippen LogP contribution in [0.15, 0.2) is 46.5 Å². The number of nitrogens with one attached hydrogen (secondary N) is 3. The molecular formula is C17H20N8O. The van der Waals surface area contributed by atoms with E-state index in [1.54, 1.807) is 12.3 Å². The van der Waals surface area contributed by atoms with Crippen LogP contribution in [0.25, 0.3) is 10.9 Å². The second-order valence-electron chi connectivity index (χ2n) is 5.87. The molecule has 134 valence electrons. The van der Waals surface area contributed by atoms with Gasteiger partial charge >= 0.3 is 0 Å². The number of carbonyl (C=O) groups is 1. The first-order valence-corrected chi connectivity index (χ1v) is 8.16. The van der Waals surface area contributed by atoms with Gasteiger partial charge in [-0.05, 0) is 37.2 Å². The monoisotopic (exact) mass is 352 g/mol. The van der Waals surface area contributed by atoms with Crippen molar-refractivity contribution in [3.8, 4) is 0 Å². The molecule has 3 rings (SSSR count). The molecule has 1 fully saturated rings. The Labute approximate surface area is 150 Å². The van der Waals surface area contributed by atoms with Crippen molar-refractivity contribution in [3.63, 3.8) is 0 Å². The standard InChI is InChI=1S/C17H20N8O/c18-14(15(19)26)16(25-17(20)24-12-5-7-21-9-12)23-11-3-4-13-10(8-11)2-1-6-22-13/h1-4,6,8,12,18,21H,5,7,9H2,(H2,19,26)(H3,20,23,24,25)/t12-/m1/s1. The molecule has 1 aliphatic rings. The van der Waals surface area contributed by atoms with Crippen molar-refractivity contribution in [1.82, 2.24) is 10.3 Å². The molecule has 2 heterocycles. The van der Waals surface area contributed by atoms with Gasteiger partial charge in [-0.2, -0.15) is 4.99 Å². The molecule has 2 aromatic rings. The van der Waals surface area contributed by atoms with Crippen LogP contribution in [0.3, 0.4) is 0 Å². The van der Waals surface area contributed by atoms with Gasteiger partial charge in [0.1, 0.15) is 0 Å². The summed E-state index contributed by atoms with van der Waals surface area (Å²) in [6.07, 6.45) is 2.57. The number of rotatable bonds is 4. The first-order chi connectivity index (χ1) is 12.5. The topological polar surface area (TPSA) is 155 Å². The highest BCUT2D eigenvalue weighted by atomic mass is 16.1. The third kappa shape index (κ3) is 4.19. The number of hydrogen-bond acceptors (Lipinski definition) is 5. The first-order valence-electron chi connectivity index (χ1n) is 8.16.